The van der Waals surface area contributed by atoms with Crippen LogP contribution in [0.15, 0.2) is 0 Å². The molecule has 0 saturated carbocycles. The lowest BCUT2D eigenvalue weighted by Gasteiger charge is -2.09. The number of aliphatic carboxylic acids is 2. The van der Waals surface area contributed by atoms with Crippen molar-refractivity contribution in [1.82, 2.24) is 0 Å². The second kappa shape index (κ2) is 5.29. The first-order chi connectivity index (χ1) is 5.91. The van der Waals surface area contributed by atoms with Gasteiger partial charge in [0.25, 0.3) is 0 Å². The molecule has 0 spiro atoms. The number of carbonyl (C=O) groups is 3. The van der Waals surface area contributed by atoms with Gasteiger partial charge in [0.2, 0.25) is 0 Å². The summed E-state index contributed by atoms with van der Waals surface area (Å²) < 4.78 is 0. The number of rotatable bonds is 6. The van der Waals surface area contributed by atoms with Crippen molar-refractivity contribution in [1.29, 1.82) is 0 Å². The Morgan fingerprint density at radius 3 is 1.62 bits per heavy atom. The maximum Gasteiger partial charge on any atom is 0.303 e. The molecule has 0 aliphatic rings. The van der Waals surface area contributed by atoms with Crippen molar-refractivity contribution < 1.29 is 24.6 Å². The Morgan fingerprint density at radius 1 is 1.00 bits per heavy atom. The van der Waals surface area contributed by atoms with Gasteiger partial charge in [0, 0.05) is 19.3 Å². The molecule has 2 N–H and O–H groups in total. The van der Waals surface area contributed by atoms with E-state index in [1.54, 1.807) is 0 Å². The smallest absolute Gasteiger partial charge is 0.303 e. The molecule has 0 fully saturated rings. The van der Waals surface area contributed by atoms with Gasteiger partial charge in [0.05, 0.1) is 0 Å². The summed E-state index contributed by atoms with van der Waals surface area (Å²) in [4.78, 5) is 31.2. The fraction of sp³-hybridized carbons (Fsp3) is 0.625. The maximum absolute atomic E-state index is 10.6. The molecule has 5 nitrogen and oxygen atoms in total. The van der Waals surface area contributed by atoms with E-state index in [2.05, 4.69) is 0 Å². The molecule has 13 heavy (non-hydrogen) atoms. The summed E-state index contributed by atoms with van der Waals surface area (Å²) in [5, 5.41) is 16.8. The van der Waals surface area contributed by atoms with Crippen LogP contribution < -0.4 is 0 Å². The second-order valence-corrected chi connectivity index (χ2v) is 2.97. The lowest BCUT2D eigenvalue weighted by atomic mass is 9.96. The molecule has 0 radical (unpaired) electrons. The molecule has 0 aromatic carbocycles. The number of hydrogen-bond donors (Lipinski definition) is 2. The summed E-state index contributed by atoms with van der Waals surface area (Å²) in [7, 11) is 0. The van der Waals surface area contributed by atoms with Gasteiger partial charge in [-0.2, -0.15) is 0 Å². The van der Waals surface area contributed by atoms with Gasteiger partial charge < -0.3 is 15.0 Å². The van der Waals surface area contributed by atoms with Gasteiger partial charge in [0.15, 0.2) is 0 Å². The van der Waals surface area contributed by atoms with Crippen LogP contribution in [0.2, 0.25) is 0 Å². The van der Waals surface area contributed by atoms with Crippen molar-refractivity contribution >= 4 is 17.7 Å². The summed E-state index contributed by atoms with van der Waals surface area (Å²) >= 11 is 0. The third-order valence-electron chi connectivity index (χ3n) is 1.50. The van der Waals surface area contributed by atoms with Gasteiger partial charge in [0.1, 0.15) is 5.78 Å². The van der Waals surface area contributed by atoms with Gasteiger partial charge in [-0.25, -0.2) is 0 Å². The van der Waals surface area contributed by atoms with Crippen LogP contribution >= 0.6 is 0 Å². The van der Waals surface area contributed by atoms with Crippen LogP contribution in [0.1, 0.15) is 26.2 Å². The Labute approximate surface area is 75.4 Å². The molecule has 0 heterocycles. The molecule has 0 atom stereocenters. The van der Waals surface area contributed by atoms with Crippen LogP contribution in [-0.2, 0) is 14.4 Å². The normalized spacial score (nSPS) is 10.0. The number of hydrogen-bond acceptors (Lipinski definition) is 3. The number of carboxylic acids is 2. The van der Waals surface area contributed by atoms with Crippen LogP contribution in [0.5, 0.6) is 0 Å². The quantitative estimate of drug-likeness (QED) is 0.634. The van der Waals surface area contributed by atoms with E-state index in [0.717, 1.165) is 0 Å². The molecule has 0 saturated heterocycles. The van der Waals surface area contributed by atoms with E-state index in [0.29, 0.717) is 0 Å². The SMILES string of the molecule is CC(=O)CC(CC(=O)O)CC(=O)O. The summed E-state index contributed by atoms with van der Waals surface area (Å²) in [5.41, 5.74) is 0. The van der Waals surface area contributed by atoms with E-state index in [4.69, 9.17) is 10.2 Å². The Bertz CT molecular complexity index is 183. The van der Waals surface area contributed by atoms with Crippen LogP contribution in [0.3, 0.4) is 0 Å². The highest BCUT2D eigenvalue weighted by molar-refractivity contribution is 5.78. The molecule has 74 valence electrons. The lowest BCUT2D eigenvalue weighted by Crippen LogP contribution is -2.15. The molecule has 5 heteroatoms. The number of Topliss-reactive ketones (excluding diaryl/α,β-unsaturated/α-hetero) is 1. The van der Waals surface area contributed by atoms with Crippen molar-refractivity contribution in [3.8, 4) is 0 Å². The van der Waals surface area contributed by atoms with Crippen molar-refractivity contribution in [3.63, 3.8) is 0 Å². The molecule has 0 bridgehead atoms. The number of carbonyl (C=O) groups excluding carboxylic acids is 1. The van der Waals surface area contributed by atoms with Crippen LogP contribution in [-0.4, -0.2) is 27.9 Å². The standard InChI is InChI=1S/C8H12O5/c1-5(9)2-6(3-7(10)11)4-8(12)13/h6H,2-4H2,1H3,(H,10,11)(H,12,13). The van der Waals surface area contributed by atoms with Gasteiger partial charge in [-0.1, -0.05) is 0 Å². The minimum Gasteiger partial charge on any atom is -0.481 e. The fourth-order valence-corrected chi connectivity index (χ4v) is 1.12. The minimum absolute atomic E-state index is 0.0125. The molecule has 0 aromatic heterocycles. The Hall–Kier alpha value is -1.39. The van der Waals surface area contributed by atoms with E-state index in [1.807, 2.05) is 0 Å². The molecular formula is C8H12O5. The third-order valence-corrected chi connectivity index (χ3v) is 1.50. The summed E-state index contributed by atoms with van der Waals surface area (Å²) in [5.74, 6) is -2.93. The largest absolute Gasteiger partial charge is 0.481 e. The maximum atomic E-state index is 10.6. The lowest BCUT2D eigenvalue weighted by molar-refractivity contribution is -0.140. The minimum atomic E-state index is -1.08. The predicted molar refractivity (Wildman–Crippen MR) is 43.3 cm³/mol. The van der Waals surface area contributed by atoms with E-state index in [9.17, 15) is 14.4 Å². The molecule has 0 unspecified atom stereocenters. The second-order valence-electron chi connectivity index (χ2n) is 2.97. The Balaban J connectivity index is 4.10. The van der Waals surface area contributed by atoms with Crippen molar-refractivity contribution in [3.05, 3.63) is 0 Å². The number of carboxylic acid groups (broad SMARTS) is 2. The van der Waals surface area contributed by atoms with Crippen molar-refractivity contribution in [2.24, 2.45) is 5.92 Å². The molecule has 0 aliphatic heterocycles. The van der Waals surface area contributed by atoms with Crippen molar-refractivity contribution in [2.45, 2.75) is 26.2 Å². The first-order valence-corrected chi connectivity index (χ1v) is 3.84. The zero-order valence-electron chi connectivity index (χ0n) is 7.32. The molecule has 0 amide bonds. The number of ketones is 1. The van der Waals surface area contributed by atoms with Gasteiger partial charge in [-0.15, -0.1) is 0 Å². The molecule has 0 aromatic rings. The van der Waals surface area contributed by atoms with Crippen molar-refractivity contribution in [2.75, 3.05) is 0 Å². The van der Waals surface area contributed by atoms with Crippen LogP contribution in [0, 0.1) is 5.92 Å². The zero-order valence-corrected chi connectivity index (χ0v) is 7.32. The first kappa shape index (κ1) is 11.6. The highest BCUT2D eigenvalue weighted by Gasteiger charge is 2.18. The van der Waals surface area contributed by atoms with Gasteiger partial charge in [-0.05, 0) is 12.8 Å². The summed E-state index contributed by atoms with van der Waals surface area (Å²) in [6, 6.07) is 0. The zero-order chi connectivity index (χ0) is 10.4. The third kappa shape index (κ3) is 6.99. The highest BCUT2D eigenvalue weighted by atomic mass is 16.4. The van der Waals surface area contributed by atoms with Crippen LogP contribution in [0.4, 0.5) is 0 Å². The molecule has 0 rings (SSSR count). The molecule has 0 aliphatic carbocycles. The fourth-order valence-electron chi connectivity index (χ4n) is 1.12. The summed E-state index contributed by atoms with van der Waals surface area (Å²) in [6.45, 7) is 1.32. The van der Waals surface area contributed by atoms with Gasteiger partial charge >= 0.3 is 11.9 Å². The highest BCUT2D eigenvalue weighted by Crippen LogP contribution is 2.13. The van der Waals surface area contributed by atoms with Crippen LogP contribution in [0.25, 0.3) is 0 Å². The van der Waals surface area contributed by atoms with E-state index in [1.165, 1.54) is 6.92 Å². The van der Waals surface area contributed by atoms with Gasteiger partial charge in [-0.3, -0.25) is 9.59 Å². The summed E-state index contributed by atoms with van der Waals surface area (Å²) in [6.07, 6.45) is -0.531. The van der Waals surface area contributed by atoms with E-state index >= 15 is 0 Å². The topological polar surface area (TPSA) is 91.7 Å². The molecular weight excluding hydrogens is 176 g/mol. The Kier molecular flexibility index (Phi) is 4.72. The average molecular weight is 188 g/mol. The van der Waals surface area contributed by atoms with E-state index < -0.39 is 17.9 Å². The first-order valence-electron chi connectivity index (χ1n) is 3.84. The average Bonchev–Trinajstić information content (AvgIpc) is 1.80. The van der Waals surface area contributed by atoms with E-state index in [-0.39, 0.29) is 25.0 Å². The monoisotopic (exact) mass is 188 g/mol. The Morgan fingerprint density at radius 2 is 1.38 bits per heavy atom. The predicted octanol–water partition coefficient (Wildman–Crippen LogP) is 0.531.